The van der Waals surface area contributed by atoms with E-state index < -0.39 is 8.07 Å². The van der Waals surface area contributed by atoms with Gasteiger partial charge in [-0.2, -0.15) is 0 Å². The van der Waals surface area contributed by atoms with E-state index in [4.69, 9.17) is 27.9 Å². The Hall–Kier alpha value is -0.403. The highest BCUT2D eigenvalue weighted by Gasteiger charge is 2.13. The molecule has 0 aliphatic carbocycles. The van der Waals surface area contributed by atoms with Crippen LogP contribution in [0.25, 0.3) is 22.1 Å². The molecule has 0 amide bonds. The quantitative estimate of drug-likeness (QED) is 0.135. The first-order valence-corrected chi connectivity index (χ1v) is 15.9. The van der Waals surface area contributed by atoms with Crippen molar-refractivity contribution in [3.8, 4) is 0 Å². The maximum atomic E-state index is 6.26. The molecule has 0 saturated heterocycles. The van der Waals surface area contributed by atoms with E-state index in [1.807, 2.05) is 29.1 Å². The molecule has 1 N–H and O–H groups in total. The number of nitrogens with one attached hydrogen (secondary N) is 1. The highest BCUT2D eigenvalue weighted by atomic mass is 127. The second kappa shape index (κ2) is 10.5. The Labute approximate surface area is 214 Å². The maximum Gasteiger partial charge on any atom is 0.143 e. The normalized spacial score (nSPS) is 11.7. The van der Waals surface area contributed by atoms with Crippen LogP contribution in [0.3, 0.4) is 0 Å². The fraction of sp³-hybridized carbons (Fsp3) is 0.300. The third-order valence-corrected chi connectivity index (χ3v) is 9.18. The lowest BCUT2D eigenvalue weighted by Crippen LogP contribution is -2.22. The summed E-state index contributed by atoms with van der Waals surface area (Å²) in [5.74, 6) is 0. The molecule has 160 valence electrons. The van der Waals surface area contributed by atoms with E-state index in [9.17, 15) is 0 Å². The summed E-state index contributed by atoms with van der Waals surface area (Å²) in [5.41, 5.74) is 1.73. The molecule has 10 heteroatoms. The number of aromatic amines is 1. The Kier molecular flexibility index (Phi) is 8.47. The van der Waals surface area contributed by atoms with Gasteiger partial charge in [0.15, 0.2) is 0 Å². The van der Waals surface area contributed by atoms with Crippen molar-refractivity contribution in [1.29, 1.82) is 0 Å². The summed E-state index contributed by atoms with van der Waals surface area (Å²) >= 11 is 16.6. The van der Waals surface area contributed by atoms with Crippen molar-refractivity contribution in [3.05, 3.63) is 54.1 Å². The van der Waals surface area contributed by atoms with Gasteiger partial charge in [0.05, 0.1) is 17.2 Å². The van der Waals surface area contributed by atoms with Crippen molar-refractivity contribution in [2.45, 2.75) is 32.4 Å². The van der Waals surface area contributed by atoms with E-state index in [0.717, 1.165) is 45.9 Å². The van der Waals surface area contributed by atoms with Crippen LogP contribution < -0.4 is 0 Å². The van der Waals surface area contributed by atoms with Gasteiger partial charge in [-0.05, 0) is 63.4 Å². The van der Waals surface area contributed by atoms with Crippen molar-refractivity contribution < 1.29 is 4.74 Å². The van der Waals surface area contributed by atoms with Crippen molar-refractivity contribution in [2.75, 3.05) is 6.61 Å². The number of rotatable bonds is 5. The smallest absolute Gasteiger partial charge is 0.143 e. The molecule has 4 heterocycles. The molecule has 0 fully saturated rings. The molecule has 0 radical (unpaired) electrons. The molecular formula is C20H22Cl2I2N4OSi. The van der Waals surface area contributed by atoms with E-state index in [2.05, 4.69) is 79.8 Å². The van der Waals surface area contributed by atoms with Gasteiger partial charge in [0.1, 0.15) is 18.0 Å². The molecule has 30 heavy (non-hydrogen) atoms. The van der Waals surface area contributed by atoms with Crippen LogP contribution in [0.2, 0.25) is 35.7 Å². The van der Waals surface area contributed by atoms with Gasteiger partial charge < -0.3 is 14.3 Å². The third-order valence-electron chi connectivity index (χ3n) is 4.39. The molecule has 0 aromatic carbocycles. The summed E-state index contributed by atoms with van der Waals surface area (Å²) in [7, 11) is -1.02. The molecule has 4 aromatic rings. The molecule has 4 rings (SSSR count). The largest absolute Gasteiger partial charge is 0.361 e. The van der Waals surface area contributed by atoms with E-state index in [1.54, 1.807) is 12.4 Å². The van der Waals surface area contributed by atoms with Crippen molar-refractivity contribution >= 4 is 98.5 Å². The van der Waals surface area contributed by atoms with E-state index in [-0.39, 0.29) is 0 Å². The molecule has 0 spiro atoms. The Morgan fingerprint density at radius 3 is 2.40 bits per heavy atom. The second-order valence-corrected chi connectivity index (χ2v) is 16.7. The predicted molar refractivity (Wildman–Crippen MR) is 145 cm³/mol. The van der Waals surface area contributed by atoms with Crippen molar-refractivity contribution in [3.63, 3.8) is 0 Å². The number of ether oxygens (including phenoxy) is 1. The zero-order valence-corrected chi connectivity index (χ0v) is 23.7. The highest BCUT2D eigenvalue weighted by molar-refractivity contribution is 14.1. The standard InChI is InChI=1S/C13H18ClIN2OSi.C7H4ClIN2/c1-19(2,3)7-6-18-9-17-5-4-10-12(14)11(15)8-16-13(10)17;8-6-4-1-2-10-7(4)11-3-5(6)9/h4-5,8H,6-7,9H2,1-3H3;1-3H,(H,10,11). The first-order valence-electron chi connectivity index (χ1n) is 9.31. The molecule has 0 bridgehead atoms. The van der Waals surface area contributed by atoms with Gasteiger partial charge in [-0.25, -0.2) is 9.97 Å². The lowest BCUT2D eigenvalue weighted by Gasteiger charge is -2.15. The maximum absolute atomic E-state index is 6.26. The molecule has 0 aliphatic rings. The van der Waals surface area contributed by atoms with E-state index >= 15 is 0 Å². The molecule has 0 saturated carbocycles. The molecule has 0 unspecified atom stereocenters. The number of aromatic nitrogens is 4. The number of hydrogen-bond acceptors (Lipinski definition) is 3. The summed E-state index contributed by atoms with van der Waals surface area (Å²) in [6.45, 7) is 8.41. The average molecular weight is 687 g/mol. The molecular weight excluding hydrogens is 665 g/mol. The highest BCUT2D eigenvalue weighted by Crippen LogP contribution is 2.27. The van der Waals surface area contributed by atoms with Gasteiger partial charge in [-0.1, -0.05) is 42.8 Å². The van der Waals surface area contributed by atoms with Crippen LogP contribution in [0.5, 0.6) is 0 Å². The fourth-order valence-corrected chi connectivity index (χ4v) is 4.69. The van der Waals surface area contributed by atoms with Crippen LogP contribution in [0.4, 0.5) is 0 Å². The van der Waals surface area contributed by atoms with Gasteiger partial charge in [-0.3, -0.25) is 0 Å². The zero-order valence-electron chi connectivity index (χ0n) is 16.8. The summed E-state index contributed by atoms with van der Waals surface area (Å²) < 4.78 is 9.71. The summed E-state index contributed by atoms with van der Waals surface area (Å²) in [6, 6.07) is 5.10. The second-order valence-electron chi connectivity index (χ2n) is 7.95. The van der Waals surface area contributed by atoms with Gasteiger partial charge in [0, 0.05) is 50.2 Å². The van der Waals surface area contributed by atoms with Crippen LogP contribution in [-0.2, 0) is 11.5 Å². The summed E-state index contributed by atoms with van der Waals surface area (Å²) in [5, 5.41) is 3.52. The zero-order chi connectivity index (χ0) is 21.9. The molecule has 0 aliphatic heterocycles. The minimum Gasteiger partial charge on any atom is -0.361 e. The Morgan fingerprint density at radius 2 is 1.70 bits per heavy atom. The van der Waals surface area contributed by atoms with Crippen LogP contribution in [-0.4, -0.2) is 34.2 Å². The first kappa shape index (κ1) is 24.2. The van der Waals surface area contributed by atoms with Gasteiger partial charge in [-0.15, -0.1) is 0 Å². The molecule has 5 nitrogen and oxygen atoms in total. The Morgan fingerprint density at radius 1 is 1.03 bits per heavy atom. The SMILES string of the molecule is C[Si](C)(C)CCOCn1ccc2c(Cl)c(I)cnc21.Clc1c(I)cnc2[nH]ccc12. The monoisotopic (exact) mass is 686 g/mol. The minimum absolute atomic E-state index is 0.540. The van der Waals surface area contributed by atoms with Crippen molar-refractivity contribution in [1.82, 2.24) is 19.5 Å². The van der Waals surface area contributed by atoms with Crippen molar-refractivity contribution in [2.24, 2.45) is 0 Å². The van der Waals surface area contributed by atoms with Gasteiger partial charge >= 0.3 is 0 Å². The third kappa shape index (κ3) is 6.09. The average Bonchev–Trinajstić information content (AvgIpc) is 3.32. The number of H-pyrrole nitrogens is 1. The Bertz CT molecular complexity index is 1160. The van der Waals surface area contributed by atoms with Crippen LogP contribution in [0.15, 0.2) is 36.9 Å². The summed E-state index contributed by atoms with van der Waals surface area (Å²) in [6.07, 6.45) is 7.36. The lowest BCUT2D eigenvalue weighted by molar-refractivity contribution is 0.0899. The Balaban J connectivity index is 0.000000196. The number of halogens is 4. The topological polar surface area (TPSA) is 55.7 Å². The molecule has 0 atom stereocenters. The number of pyridine rings is 2. The van der Waals surface area contributed by atoms with Gasteiger partial charge in [0.25, 0.3) is 0 Å². The summed E-state index contributed by atoms with van der Waals surface area (Å²) in [4.78, 5) is 11.6. The predicted octanol–water partition coefficient (Wildman–Crippen LogP) is 7.43. The van der Waals surface area contributed by atoms with Crippen LogP contribution >= 0.6 is 68.4 Å². The number of nitrogens with zero attached hydrogens (tertiary/aromatic N) is 3. The van der Waals surface area contributed by atoms with Gasteiger partial charge in [0.2, 0.25) is 0 Å². The molecule has 4 aromatic heterocycles. The minimum atomic E-state index is -1.02. The number of hydrogen-bond donors (Lipinski definition) is 1. The van der Waals surface area contributed by atoms with Crippen LogP contribution in [0, 0.1) is 7.14 Å². The van der Waals surface area contributed by atoms with E-state index in [0.29, 0.717) is 6.73 Å². The van der Waals surface area contributed by atoms with E-state index in [1.165, 1.54) is 6.04 Å². The van der Waals surface area contributed by atoms with Crippen LogP contribution in [0.1, 0.15) is 0 Å². The first-order chi connectivity index (χ1) is 14.2. The number of fused-ring (bicyclic) bond motifs is 2. The lowest BCUT2D eigenvalue weighted by atomic mass is 10.3. The fourth-order valence-electron chi connectivity index (χ4n) is 2.68.